The summed E-state index contributed by atoms with van der Waals surface area (Å²) >= 11 is 1.39. The number of benzene rings is 1. The highest BCUT2D eigenvalue weighted by atomic mass is 32.1. The molecule has 132 valence electrons. The Morgan fingerprint density at radius 3 is 2.72 bits per heavy atom. The van der Waals surface area contributed by atoms with Crippen LogP contribution in [0.25, 0.3) is 6.08 Å². The molecule has 0 aliphatic carbocycles. The fourth-order valence-electron chi connectivity index (χ4n) is 2.05. The number of aryl methyl sites for hydroxylation is 1. The minimum absolute atomic E-state index is 0.0556. The fraction of sp³-hybridized carbons (Fsp3) is 0.278. The maximum Gasteiger partial charge on any atom is 0.247 e. The van der Waals surface area contributed by atoms with Gasteiger partial charge >= 0.3 is 0 Å². The van der Waals surface area contributed by atoms with Gasteiger partial charge in [0.25, 0.3) is 0 Å². The molecule has 1 N–H and O–H groups in total. The van der Waals surface area contributed by atoms with Crippen LogP contribution in [0.5, 0.6) is 0 Å². The van der Waals surface area contributed by atoms with Gasteiger partial charge in [-0.3, -0.25) is 9.59 Å². The van der Waals surface area contributed by atoms with Crippen LogP contribution in [0.15, 0.2) is 42.6 Å². The van der Waals surface area contributed by atoms with Crippen LogP contribution in [0.1, 0.15) is 10.4 Å². The Morgan fingerprint density at radius 2 is 2.08 bits per heavy atom. The summed E-state index contributed by atoms with van der Waals surface area (Å²) in [7, 11) is 1.56. The van der Waals surface area contributed by atoms with Crippen LogP contribution in [0, 0.1) is 6.92 Å². The van der Waals surface area contributed by atoms with Gasteiger partial charge in [-0.15, -0.1) is 11.3 Å². The average Bonchev–Trinajstić information content (AvgIpc) is 3.02. The second-order valence-electron chi connectivity index (χ2n) is 5.32. The van der Waals surface area contributed by atoms with Gasteiger partial charge in [-0.25, -0.2) is 4.98 Å². The molecule has 1 aromatic heterocycles. The first-order chi connectivity index (χ1) is 12.1. The first-order valence-electron chi connectivity index (χ1n) is 7.81. The van der Waals surface area contributed by atoms with E-state index in [0.717, 1.165) is 10.4 Å². The summed E-state index contributed by atoms with van der Waals surface area (Å²) < 4.78 is 5.03. The van der Waals surface area contributed by atoms with Gasteiger partial charge in [0.15, 0.2) is 5.13 Å². The summed E-state index contributed by atoms with van der Waals surface area (Å²) in [6.45, 7) is 2.55. The second-order valence-corrected chi connectivity index (χ2v) is 6.56. The van der Waals surface area contributed by atoms with E-state index >= 15 is 0 Å². The minimum Gasteiger partial charge on any atom is -0.383 e. The monoisotopic (exact) mass is 359 g/mol. The molecule has 2 rings (SSSR count). The third kappa shape index (κ3) is 6.48. The molecule has 1 heterocycles. The quantitative estimate of drug-likeness (QED) is 0.736. The van der Waals surface area contributed by atoms with Gasteiger partial charge in [0.1, 0.15) is 6.54 Å². The Morgan fingerprint density at radius 1 is 1.32 bits per heavy atom. The van der Waals surface area contributed by atoms with Crippen molar-refractivity contribution in [3.63, 3.8) is 0 Å². The molecule has 7 heteroatoms. The van der Waals surface area contributed by atoms with Gasteiger partial charge in [0.05, 0.1) is 6.61 Å². The molecular formula is C18H21N3O3S. The lowest BCUT2D eigenvalue weighted by Crippen LogP contribution is -2.39. The van der Waals surface area contributed by atoms with Crippen molar-refractivity contribution >= 4 is 34.4 Å². The summed E-state index contributed by atoms with van der Waals surface area (Å²) in [5, 5.41) is 3.24. The van der Waals surface area contributed by atoms with Crippen molar-refractivity contribution in [2.45, 2.75) is 6.92 Å². The van der Waals surface area contributed by atoms with E-state index in [-0.39, 0.29) is 18.4 Å². The molecule has 0 atom stereocenters. The SMILES string of the molecule is COCCN(CC(=O)Nc1ncc(C)s1)C(=O)C=Cc1ccccc1. The molecule has 6 nitrogen and oxygen atoms in total. The first kappa shape index (κ1) is 18.8. The lowest BCUT2D eigenvalue weighted by Gasteiger charge is -2.20. The summed E-state index contributed by atoms with van der Waals surface area (Å²) in [6, 6.07) is 9.52. The topological polar surface area (TPSA) is 71.5 Å². The molecule has 0 bridgehead atoms. The Labute approximate surface area is 151 Å². The van der Waals surface area contributed by atoms with Gasteiger partial charge in [-0.2, -0.15) is 0 Å². The van der Waals surface area contributed by atoms with Crippen LogP contribution in [0.2, 0.25) is 0 Å². The summed E-state index contributed by atoms with van der Waals surface area (Å²) in [4.78, 5) is 31.1. The number of amides is 2. The van der Waals surface area contributed by atoms with Crippen molar-refractivity contribution in [3.8, 4) is 0 Å². The van der Waals surface area contributed by atoms with Crippen LogP contribution < -0.4 is 5.32 Å². The number of nitrogens with one attached hydrogen (secondary N) is 1. The van der Waals surface area contributed by atoms with Crippen molar-refractivity contribution in [2.75, 3.05) is 32.1 Å². The largest absolute Gasteiger partial charge is 0.383 e. The standard InChI is InChI=1S/C18H21N3O3S/c1-14-12-19-18(25-14)20-16(22)13-21(10-11-24-2)17(23)9-8-15-6-4-3-5-7-15/h3-9,12H,10-11,13H2,1-2H3,(H,19,20,22). The number of anilines is 1. The summed E-state index contributed by atoms with van der Waals surface area (Å²) in [5.41, 5.74) is 0.922. The van der Waals surface area contributed by atoms with E-state index in [2.05, 4.69) is 10.3 Å². The van der Waals surface area contributed by atoms with E-state index in [1.54, 1.807) is 19.4 Å². The molecular weight excluding hydrogens is 338 g/mol. The molecule has 0 fully saturated rings. The molecule has 2 amide bonds. The van der Waals surface area contributed by atoms with Crippen molar-refractivity contribution in [2.24, 2.45) is 0 Å². The number of rotatable bonds is 8. The normalized spacial score (nSPS) is 10.8. The second kappa shape index (κ2) is 9.71. The molecule has 0 saturated carbocycles. The number of nitrogens with zero attached hydrogens (tertiary/aromatic N) is 2. The smallest absolute Gasteiger partial charge is 0.247 e. The fourth-order valence-corrected chi connectivity index (χ4v) is 2.73. The average molecular weight is 359 g/mol. The number of methoxy groups -OCH3 is 1. The van der Waals surface area contributed by atoms with Crippen molar-refractivity contribution in [1.82, 2.24) is 9.88 Å². The summed E-state index contributed by atoms with van der Waals surface area (Å²) in [6.07, 6.45) is 4.88. The molecule has 1 aromatic carbocycles. The third-order valence-electron chi connectivity index (χ3n) is 3.30. The van der Waals surface area contributed by atoms with Crippen molar-refractivity contribution < 1.29 is 14.3 Å². The number of hydrogen-bond acceptors (Lipinski definition) is 5. The molecule has 0 unspecified atom stereocenters. The first-order valence-corrected chi connectivity index (χ1v) is 8.63. The lowest BCUT2D eigenvalue weighted by molar-refractivity contribution is -0.131. The molecule has 0 saturated heterocycles. The van der Waals surface area contributed by atoms with Gasteiger partial charge in [-0.05, 0) is 18.6 Å². The lowest BCUT2D eigenvalue weighted by atomic mass is 10.2. The Hall–Kier alpha value is -2.51. The zero-order chi connectivity index (χ0) is 18.1. The number of thiazole rings is 1. The molecule has 0 aliphatic heterocycles. The maximum atomic E-state index is 12.4. The highest BCUT2D eigenvalue weighted by molar-refractivity contribution is 7.15. The van der Waals surface area contributed by atoms with E-state index in [4.69, 9.17) is 4.74 Å². The predicted molar refractivity (Wildman–Crippen MR) is 99.4 cm³/mol. The van der Waals surface area contributed by atoms with Crippen LogP contribution in [-0.2, 0) is 14.3 Å². The summed E-state index contributed by atoms with van der Waals surface area (Å²) in [5.74, 6) is -0.529. The van der Waals surface area contributed by atoms with Crippen molar-refractivity contribution in [3.05, 3.63) is 53.0 Å². The van der Waals surface area contributed by atoms with E-state index in [0.29, 0.717) is 18.3 Å². The van der Waals surface area contributed by atoms with Crippen LogP contribution >= 0.6 is 11.3 Å². The molecule has 0 spiro atoms. The molecule has 0 aliphatic rings. The zero-order valence-corrected chi connectivity index (χ0v) is 15.1. The van der Waals surface area contributed by atoms with Crippen LogP contribution in [0.3, 0.4) is 0 Å². The van der Waals surface area contributed by atoms with E-state index < -0.39 is 0 Å². The minimum atomic E-state index is -0.285. The molecule has 25 heavy (non-hydrogen) atoms. The Kier molecular flexibility index (Phi) is 7.31. The van der Waals surface area contributed by atoms with Gasteiger partial charge in [0.2, 0.25) is 11.8 Å². The van der Waals surface area contributed by atoms with Gasteiger partial charge in [-0.1, -0.05) is 30.3 Å². The Balaban J connectivity index is 1.97. The van der Waals surface area contributed by atoms with Crippen LogP contribution in [0.4, 0.5) is 5.13 Å². The molecule has 2 aromatic rings. The number of hydrogen-bond donors (Lipinski definition) is 1. The van der Waals surface area contributed by atoms with Gasteiger partial charge in [0, 0.05) is 30.8 Å². The van der Waals surface area contributed by atoms with E-state index in [1.165, 1.54) is 22.3 Å². The predicted octanol–water partition coefficient (Wildman–Crippen LogP) is 2.58. The number of carbonyl (C=O) groups is 2. The number of aromatic nitrogens is 1. The molecule has 0 radical (unpaired) electrons. The van der Waals surface area contributed by atoms with Gasteiger partial charge < -0.3 is 15.0 Å². The third-order valence-corrected chi connectivity index (χ3v) is 4.13. The van der Waals surface area contributed by atoms with E-state index in [1.807, 2.05) is 37.3 Å². The highest BCUT2D eigenvalue weighted by Gasteiger charge is 2.16. The number of carbonyl (C=O) groups excluding carboxylic acids is 2. The highest BCUT2D eigenvalue weighted by Crippen LogP contribution is 2.16. The maximum absolute atomic E-state index is 12.4. The van der Waals surface area contributed by atoms with Crippen molar-refractivity contribution in [1.29, 1.82) is 0 Å². The van der Waals surface area contributed by atoms with E-state index in [9.17, 15) is 9.59 Å². The Bertz CT molecular complexity index is 728. The van der Waals surface area contributed by atoms with Crippen LogP contribution in [-0.4, -0.2) is 48.5 Å². The number of ether oxygens (including phenoxy) is 1. The zero-order valence-electron chi connectivity index (χ0n) is 14.3.